The molecule has 0 atom stereocenters. The Morgan fingerprint density at radius 3 is 2.93 bits per heavy atom. The molecular weight excluding hydrogens is 176 g/mol. The molecule has 0 aliphatic heterocycles. The first kappa shape index (κ1) is 10.5. The van der Waals surface area contributed by atoms with Crippen LogP contribution in [0.25, 0.3) is 6.08 Å². The largest absolute Gasteiger partial charge is 0.465 e. The number of methoxy groups -OCH3 is 1. The van der Waals surface area contributed by atoms with Crippen LogP contribution in [-0.2, 0) is 4.74 Å². The zero-order valence-electron chi connectivity index (χ0n) is 8.49. The number of carbonyl (C=O) groups is 1. The number of esters is 1. The van der Waals surface area contributed by atoms with Crippen LogP contribution in [0, 0.1) is 0 Å². The highest BCUT2D eigenvalue weighted by Crippen LogP contribution is 2.08. The van der Waals surface area contributed by atoms with E-state index in [4.69, 9.17) is 0 Å². The van der Waals surface area contributed by atoms with Crippen molar-refractivity contribution in [1.29, 1.82) is 0 Å². The predicted molar refractivity (Wildman–Crippen MR) is 57.1 cm³/mol. The van der Waals surface area contributed by atoms with Gasteiger partial charge in [0.1, 0.15) is 0 Å². The van der Waals surface area contributed by atoms with Crippen molar-refractivity contribution >= 4 is 12.0 Å². The Morgan fingerprint density at radius 2 is 2.29 bits per heavy atom. The summed E-state index contributed by atoms with van der Waals surface area (Å²) in [6.45, 7) is 2.07. The Labute approximate surface area is 84.2 Å². The molecular formula is C12H14O2. The maximum atomic E-state index is 11.2. The van der Waals surface area contributed by atoms with Crippen molar-refractivity contribution in [3.8, 4) is 0 Å². The van der Waals surface area contributed by atoms with E-state index in [0.29, 0.717) is 5.56 Å². The zero-order chi connectivity index (χ0) is 10.4. The lowest BCUT2D eigenvalue weighted by molar-refractivity contribution is 0.0600. The standard InChI is InChI=1S/C12H14O2/c1-3-4-6-10-7-5-8-11(9-10)12(13)14-2/h4-9H,3H2,1-2H3/b6-4+. The minimum atomic E-state index is -0.295. The number of hydrogen-bond acceptors (Lipinski definition) is 2. The van der Waals surface area contributed by atoms with E-state index >= 15 is 0 Å². The summed E-state index contributed by atoms with van der Waals surface area (Å²) in [5.74, 6) is -0.295. The summed E-state index contributed by atoms with van der Waals surface area (Å²) in [5.41, 5.74) is 1.61. The highest BCUT2D eigenvalue weighted by molar-refractivity contribution is 5.89. The third-order valence-corrected chi connectivity index (χ3v) is 1.85. The molecule has 0 aliphatic rings. The Hall–Kier alpha value is -1.57. The van der Waals surface area contributed by atoms with Crippen molar-refractivity contribution in [3.05, 3.63) is 41.5 Å². The van der Waals surface area contributed by atoms with Gasteiger partial charge in [0.2, 0.25) is 0 Å². The lowest BCUT2D eigenvalue weighted by atomic mass is 10.1. The molecule has 1 rings (SSSR count). The summed E-state index contributed by atoms with van der Waals surface area (Å²) >= 11 is 0. The molecule has 0 aliphatic carbocycles. The van der Waals surface area contributed by atoms with Crippen LogP contribution in [0.5, 0.6) is 0 Å². The summed E-state index contributed by atoms with van der Waals surface area (Å²) in [7, 11) is 1.39. The van der Waals surface area contributed by atoms with Crippen LogP contribution in [0.4, 0.5) is 0 Å². The van der Waals surface area contributed by atoms with E-state index in [2.05, 4.69) is 17.7 Å². The summed E-state index contributed by atoms with van der Waals surface area (Å²) in [4.78, 5) is 11.2. The van der Waals surface area contributed by atoms with E-state index in [1.165, 1.54) is 7.11 Å². The SMILES string of the molecule is CC/C=C/c1cccc(C(=O)OC)c1. The van der Waals surface area contributed by atoms with Gasteiger partial charge in [-0.1, -0.05) is 31.2 Å². The fourth-order valence-electron chi connectivity index (χ4n) is 1.14. The van der Waals surface area contributed by atoms with Crippen LogP contribution in [0.1, 0.15) is 29.3 Å². The molecule has 0 saturated carbocycles. The molecule has 0 fully saturated rings. The van der Waals surface area contributed by atoms with E-state index in [0.717, 1.165) is 12.0 Å². The van der Waals surface area contributed by atoms with Crippen LogP contribution in [0.3, 0.4) is 0 Å². The third-order valence-electron chi connectivity index (χ3n) is 1.85. The van der Waals surface area contributed by atoms with Crippen molar-refractivity contribution in [2.75, 3.05) is 7.11 Å². The normalized spacial score (nSPS) is 10.4. The minimum Gasteiger partial charge on any atom is -0.465 e. The molecule has 74 valence electrons. The number of carbonyl (C=O) groups excluding carboxylic acids is 1. The molecule has 0 bridgehead atoms. The van der Waals surface area contributed by atoms with Gasteiger partial charge in [-0.05, 0) is 24.1 Å². The zero-order valence-corrected chi connectivity index (χ0v) is 8.49. The fourth-order valence-corrected chi connectivity index (χ4v) is 1.14. The second-order valence-corrected chi connectivity index (χ2v) is 2.93. The first-order valence-corrected chi connectivity index (χ1v) is 4.63. The molecule has 0 heterocycles. The van der Waals surface area contributed by atoms with Gasteiger partial charge in [-0.15, -0.1) is 0 Å². The van der Waals surface area contributed by atoms with Gasteiger partial charge in [-0.2, -0.15) is 0 Å². The molecule has 0 radical (unpaired) electrons. The molecule has 2 heteroatoms. The van der Waals surface area contributed by atoms with E-state index in [1.807, 2.05) is 24.3 Å². The van der Waals surface area contributed by atoms with E-state index in [9.17, 15) is 4.79 Å². The van der Waals surface area contributed by atoms with Gasteiger partial charge < -0.3 is 4.74 Å². The van der Waals surface area contributed by atoms with Crippen LogP contribution >= 0.6 is 0 Å². The first-order valence-electron chi connectivity index (χ1n) is 4.63. The van der Waals surface area contributed by atoms with Crippen molar-refractivity contribution in [3.63, 3.8) is 0 Å². The Bertz CT molecular complexity index is 340. The van der Waals surface area contributed by atoms with Crippen molar-refractivity contribution < 1.29 is 9.53 Å². The maximum Gasteiger partial charge on any atom is 0.337 e. The van der Waals surface area contributed by atoms with Gasteiger partial charge in [0.15, 0.2) is 0 Å². The summed E-state index contributed by atoms with van der Waals surface area (Å²) in [6, 6.07) is 7.37. The number of hydrogen-bond donors (Lipinski definition) is 0. The van der Waals surface area contributed by atoms with Gasteiger partial charge in [0, 0.05) is 0 Å². The number of rotatable bonds is 3. The van der Waals surface area contributed by atoms with Gasteiger partial charge in [0.25, 0.3) is 0 Å². The third kappa shape index (κ3) is 2.73. The van der Waals surface area contributed by atoms with Gasteiger partial charge >= 0.3 is 5.97 Å². The quantitative estimate of drug-likeness (QED) is 0.685. The Morgan fingerprint density at radius 1 is 1.50 bits per heavy atom. The van der Waals surface area contributed by atoms with Crippen LogP contribution < -0.4 is 0 Å². The second kappa shape index (κ2) is 5.22. The minimum absolute atomic E-state index is 0.295. The molecule has 0 unspecified atom stereocenters. The number of benzene rings is 1. The van der Waals surface area contributed by atoms with Crippen molar-refractivity contribution in [1.82, 2.24) is 0 Å². The van der Waals surface area contributed by atoms with E-state index in [-0.39, 0.29) is 5.97 Å². The number of ether oxygens (including phenoxy) is 1. The van der Waals surface area contributed by atoms with E-state index in [1.54, 1.807) is 6.07 Å². The lowest BCUT2D eigenvalue weighted by Crippen LogP contribution is -2.00. The van der Waals surface area contributed by atoms with Gasteiger partial charge in [-0.3, -0.25) is 0 Å². The molecule has 14 heavy (non-hydrogen) atoms. The summed E-state index contributed by atoms with van der Waals surface area (Å²) in [6.07, 6.45) is 5.03. The Balaban J connectivity index is 2.89. The molecule has 0 spiro atoms. The van der Waals surface area contributed by atoms with Crippen molar-refractivity contribution in [2.24, 2.45) is 0 Å². The smallest absolute Gasteiger partial charge is 0.337 e. The topological polar surface area (TPSA) is 26.3 Å². The summed E-state index contributed by atoms with van der Waals surface area (Å²) in [5, 5.41) is 0. The average Bonchev–Trinajstić information content (AvgIpc) is 2.25. The highest BCUT2D eigenvalue weighted by Gasteiger charge is 2.03. The average molecular weight is 190 g/mol. The Kier molecular flexibility index (Phi) is 3.92. The second-order valence-electron chi connectivity index (χ2n) is 2.93. The lowest BCUT2D eigenvalue weighted by Gasteiger charge is -1.99. The van der Waals surface area contributed by atoms with Crippen LogP contribution in [-0.4, -0.2) is 13.1 Å². The molecule has 1 aromatic rings. The van der Waals surface area contributed by atoms with Gasteiger partial charge in [0.05, 0.1) is 12.7 Å². The van der Waals surface area contributed by atoms with Crippen LogP contribution in [0.15, 0.2) is 30.3 Å². The first-order chi connectivity index (χ1) is 6.77. The fraction of sp³-hybridized carbons (Fsp3) is 0.250. The molecule has 0 amide bonds. The van der Waals surface area contributed by atoms with Crippen LogP contribution in [0.2, 0.25) is 0 Å². The summed E-state index contributed by atoms with van der Waals surface area (Å²) < 4.78 is 4.63. The number of allylic oxidation sites excluding steroid dienone is 1. The van der Waals surface area contributed by atoms with Gasteiger partial charge in [-0.25, -0.2) is 4.79 Å². The highest BCUT2D eigenvalue weighted by atomic mass is 16.5. The van der Waals surface area contributed by atoms with Crippen molar-refractivity contribution in [2.45, 2.75) is 13.3 Å². The maximum absolute atomic E-state index is 11.2. The van der Waals surface area contributed by atoms with E-state index < -0.39 is 0 Å². The molecule has 0 N–H and O–H groups in total. The molecule has 0 aromatic heterocycles. The molecule has 2 nitrogen and oxygen atoms in total. The predicted octanol–water partition coefficient (Wildman–Crippen LogP) is 2.90. The monoisotopic (exact) mass is 190 g/mol. The molecule has 0 saturated heterocycles. The molecule has 1 aromatic carbocycles.